The van der Waals surface area contributed by atoms with Crippen LogP contribution in [0.25, 0.3) is 10.9 Å². The quantitative estimate of drug-likeness (QED) is 0.603. The highest BCUT2D eigenvalue weighted by Gasteiger charge is 2.25. The molecule has 0 aliphatic carbocycles. The van der Waals surface area contributed by atoms with Crippen LogP contribution in [0.3, 0.4) is 0 Å². The molecule has 1 aliphatic heterocycles. The molecule has 3 rings (SSSR count). The fourth-order valence-electron chi connectivity index (χ4n) is 2.91. The molecule has 1 amide bonds. The van der Waals surface area contributed by atoms with E-state index in [0.29, 0.717) is 48.9 Å². The van der Waals surface area contributed by atoms with Gasteiger partial charge in [-0.1, -0.05) is 30.8 Å². The molecule has 134 valence electrons. The van der Waals surface area contributed by atoms with E-state index in [-0.39, 0.29) is 16.7 Å². The normalized spacial score (nSPS) is 16.2. The number of rotatable bonds is 5. The van der Waals surface area contributed by atoms with Gasteiger partial charge in [0.05, 0.1) is 29.4 Å². The van der Waals surface area contributed by atoms with Gasteiger partial charge in [0, 0.05) is 19.6 Å². The first-order chi connectivity index (χ1) is 12.1. The zero-order valence-electron chi connectivity index (χ0n) is 14.6. The SMILES string of the molecule is CCCn1c(SC(C)C(=O)N2CCOCC2)nc2ccccc2c1=O. The molecule has 1 aliphatic rings. The molecule has 0 spiro atoms. The van der Waals surface area contributed by atoms with Crippen molar-refractivity contribution < 1.29 is 9.53 Å². The van der Waals surface area contributed by atoms with Crippen LogP contribution < -0.4 is 5.56 Å². The number of aromatic nitrogens is 2. The van der Waals surface area contributed by atoms with Gasteiger partial charge in [-0.15, -0.1) is 0 Å². The Balaban J connectivity index is 1.90. The largest absolute Gasteiger partial charge is 0.378 e. The molecule has 2 aromatic rings. The maximum atomic E-state index is 12.8. The fraction of sp³-hybridized carbons (Fsp3) is 0.500. The summed E-state index contributed by atoms with van der Waals surface area (Å²) in [6, 6.07) is 7.36. The van der Waals surface area contributed by atoms with Gasteiger partial charge in [0.25, 0.3) is 5.56 Å². The number of ether oxygens (including phenoxy) is 1. The summed E-state index contributed by atoms with van der Waals surface area (Å²) in [7, 11) is 0. The van der Waals surface area contributed by atoms with Crippen LogP contribution in [0.5, 0.6) is 0 Å². The Bertz CT molecular complexity index is 815. The number of benzene rings is 1. The number of thioether (sulfide) groups is 1. The number of nitrogens with zero attached hydrogens (tertiary/aromatic N) is 3. The molecular weight excluding hydrogens is 338 g/mol. The van der Waals surface area contributed by atoms with Gasteiger partial charge in [-0.05, 0) is 25.5 Å². The van der Waals surface area contributed by atoms with Crippen molar-refractivity contribution in [1.82, 2.24) is 14.5 Å². The Kier molecular flexibility index (Phi) is 5.75. The number of hydrogen-bond acceptors (Lipinski definition) is 5. The number of carbonyl (C=O) groups is 1. The lowest BCUT2D eigenvalue weighted by molar-refractivity contribution is -0.134. The third kappa shape index (κ3) is 3.88. The summed E-state index contributed by atoms with van der Waals surface area (Å²) in [6.45, 7) is 6.90. The van der Waals surface area contributed by atoms with Gasteiger partial charge in [-0.3, -0.25) is 14.2 Å². The summed E-state index contributed by atoms with van der Waals surface area (Å²) in [6.07, 6.45) is 0.833. The van der Waals surface area contributed by atoms with Gasteiger partial charge in [-0.2, -0.15) is 0 Å². The average Bonchev–Trinajstić information content (AvgIpc) is 2.65. The molecule has 1 unspecified atom stereocenters. The first-order valence-corrected chi connectivity index (χ1v) is 9.52. The van der Waals surface area contributed by atoms with E-state index in [4.69, 9.17) is 4.74 Å². The number of para-hydroxylation sites is 1. The molecule has 1 atom stereocenters. The fourth-order valence-corrected chi connectivity index (χ4v) is 3.93. The van der Waals surface area contributed by atoms with Gasteiger partial charge in [-0.25, -0.2) is 4.98 Å². The molecule has 0 radical (unpaired) electrons. The van der Waals surface area contributed by atoms with Crippen LogP contribution >= 0.6 is 11.8 Å². The van der Waals surface area contributed by atoms with Gasteiger partial charge < -0.3 is 9.64 Å². The Hall–Kier alpha value is -1.86. The van der Waals surface area contributed by atoms with Crippen molar-refractivity contribution in [2.45, 2.75) is 37.2 Å². The molecule has 1 fully saturated rings. The predicted octanol–water partition coefficient (Wildman–Crippen LogP) is 2.15. The molecule has 25 heavy (non-hydrogen) atoms. The molecule has 7 heteroatoms. The van der Waals surface area contributed by atoms with Crippen molar-refractivity contribution in [3.8, 4) is 0 Å². The van der Waals surface area contributed by atoms with Gasteiger partial charge >= 0.3 is 0 Å². The molecule has 0 bridgehead atoms. The van der Waals surface area contributed by atoms with Crippen molar-refractivity contribution in [1.29, 1.82) is 0 Å². The van der Waals surface area contributed by atoms with E-state index >= 15 is 0 Å². The summed E-state index contributed by atoms with van der Waals surface area (Å²) in [5.41, 5.74) is 0.634. The number of hydrogen-bond donors (Lipinski definition) is 0. The van der Waals surface area contributed by atoms with Crippen molar-refractivity contribution in [2.24, 2.45) is 0 Å². The lowest BCUT2D eigenvalue weighted by Crippen LogP contribution is -2.44. The maximum absolute atomic E-state index is 12.8. The molecular formula is C18H23N3O3S. The molecule has 2 heterocycles. The number of fused-ring (bicyclic) bond motifs is 1. The summed E-state index contributed by atoms with van der Waals surface area (Å²) in [5, 5.41) is 0.932. The molecule has 0 saturated carbocycles. The summed E-state index contributed by atoms with van der Waals surface area (Å²) in [5.74, 6) is 0.0683. The van der Waals surface area contributed by atoms with E-state index in [0.717, 1.165) is 6.42 Å². The van der Waals surface area contributed by atoms with Crippen molar-refractivity contribution in [3.05, 3.63) is 34.6 Å². The maximum Gasteiger partial charge on any atom is 0.262 e. The van der Waals surface area contributed by atoms with E-state index in [9.17, 15) is 9.59 Å². The zero-order chi connectivity index (χ0) is 17.8. The lowest BCUT2D eigenvalue weighted by Gasteiger charge is -2.29. The van der Waals surface area contributed by atoms with Crippen LogP contribution in [0.2, 0.25) is 0 Å². The summed E-state index contributed by atoms with van der Waals surface area (Å²) < 4.78 is 6.99. The minimum Gasteiger partial charge on any atom is -0.378 e. The second-order valence-corrected chi connectivity index (χ2v) is 7.37. The minimum absolute atomic E-state index is 0.0408. The Morgan fingerprint density at radius 1 is 1.32 bits per heavy atom. The van der Waals surface area contributed by atoms with Crippen molar-refractivity contribution >= 4 is 28.6 Å². The molecule has 1 saturated heterocycles. The van der Waals surface area contributed by atoms with Crippen LogP contribution in [-0.4, -0.2) is 51.9 Å². The van der Waals surface area contributed by atoms with E-state index in [2.05, 4.69) is 4.98 Å². The summed E-state index contributed by atoms with van der Waals surface area (Å²) >= 11 is 1.36. The van der Waals surface area contributed by atoms with Gasteiger partial charge in [0.15, 0.2) is 5.16 Å². The van der Waals surface area contributed by atoms with E-state index in [1.54, 1.807) is 10.6 Å². The Labute approximate surface area is 151 Å². The van der Waals surface area contributed by atoms with Crippen LogP contribution in [0.1, 0.15) is 20.3 Å². The molecule has 1 aromatic carbocycles. The number of amides is 1. The Morgan fingerprint density at radius 2 is 2.04 bits per heavy atom. The van der Waals surface area contributed by atoms with Crippen molar-refractivity contribution in [3.63, 3.8) is 0 Å². The second kappa shape index (κ2) is 8.01. The monoisotopic (exact) mass is 361 g/mol. The first kappa shape index (κ1) is 17.9. The minimum atomic E-state index is -0.297. The van der Waals surface area contributed by atoms with Crippen LogP contribution in [0.15, 0.2) is 34.2 Å². The molecule has 6 nitrogen and oxygen atoms in total. The highest BCUT2D eigenvalue weighted by molar-refractivity contribution is 8.00. The summed E-state index contributed by atoms with van der Waals surface area (Å²) in [4.78, 5) is 31.9. The highest BCUT2D eigenvalue weighted by Crippen LogP contribution is 2.24. The molecule has 1 aromatic heterocycles. The zero-order valence-corrected chi connectivity index (χ0v) is 15.4. The standard InChI is InChI=1S/C18H23N3O3S/c1-3-8-21-17(23)14-6-4-5-7-15(14)19-18(21)25-13(2)16(22)20-9-11-24-12-10-20/h4-7,13H,3,8-12H2,1-2H3. The van der Waals surface area contributed by atoms with E-state index < -0.39 is 0 Å². The smallest absolute Gasteiger partial charge is 0.262 e. The second-order valence-electron chi connectivity index (χ2n) is 6.07. The average molecular weight is 361 g/mol. The lowest BCUT2D eigenvalue weighted by atomic mass is 10.2. The van der Waals surface area contributed by atoms with Crippen LogP contribution in [0, 0.1) is 0 Å². The number of morpholine rings is 1. The number of carbonyl (C=O) groups excluding carboxylic acids is 1. The van der Waals surface area contributed by atoms with Crippen LogP contribution in [0.4, 0.5) is 0 Å². The Morgan fingerprint density at radius 3 is 2.76 bits per heavy atom. The van der Waals surface area contributed by atoms with Gasteiger partial charge in [0.1, 0.15) is 0 Å². The van der Waals surface area contributed by atoms with Crippen LogP contribution in [-0.2, 0) is 16.1 Å². The van der Waals surface area contributed by atoms with E-state index in [1.807, 2.05) is 36.9 Å². The third-order valence-electron chi connectivity index (χ3n) is 4.23. The first-order valence-electron chi connectivity index (χ1n) is 8.64. The van der Waals surface area contributed by atoms with Gasteiger partial charge in [0.2, 0.25) is 5.91 Å². The predicted molar refractivity (Wildman–Crippen MR) is 99.0 cm³/mol. The molecule has 0 N–H and O–H groups in total. The van der Waals surface area contributed by atoms with Crippen molar-refractivity contribution in [2.75, 3.05) is 26.3 Å². The topological polar surface area (TPSA) is 64.4 Å². The highest BCUT2D eigenvalue weighted by atomic mass is 32.2. The third-order valence-corrected chi connectivity index (χ3v) is 5.30. The van der Waals surface area contributed by atoms with E-state index in [1.165, 1.54) is 11.8 Å².